The lowest BCUT2D eigenvalue weighted by Crippen LogP contribution is -2.10. The van der Waals surface area contributed by atoms with Crippen molar-refractivity contribution in [2.75, 3.05) is 6.61 Å². The molecule has 0 fully saturated rings. The quantitative estimate of drug-likeness (QED) is 0.332. The number of carbonyl (C=O) groups is 2. The summed E-state index contributed by atoms with van der Waals surface area (Å²) in [7, 11) is 0. The molecule has 5 heteroatoms. The van der Waals surface area contributed by atoms with Gasteiger partial charge in [0.1, 0.15) is 0 Å². The Bertz CT molecular complexity index is 245. The van der Waals surface area contributed by atoms with Crippen molar-refractivity contribution in [3.05, 3.63) is 25.3 Å². The summed E-state index contributed by atoms with van der Waals surface area (Å²) in [6.45, 7) is 10.3. The maximum atomic E-state index is 10.3. The highest BCUT2D eigenvalue weighted by atomic mass is 16.6. The zero-order valence-electron chi connectivity index (χ0n) is 10.3. The van der Waals surface area contributed by atoms with Gasteiger partial charge in [0.15, 0.2) is 6.29 Å². The molecule has 17 heavy (non-hydrogen) atoms. The molecule has 0 saturated carbocycles. The number of aliphatic hydroxyl groups excluding tert-OH is 1. The standard InChI is InChI=1S/C7H12O2.C5H8O3/c1-3-5-6-9-7(8)4-2;1-3-5(7)8-4(2)6/h4H,2-3,5-6H2,1H3;3-4,6H,1H2,2H3. The molecule has 0 aliphatic carbocycles. The van der Waals surface area contributed by atoms with Crippen molar-refractivity contribution in [1.82, 2.24) is 0 Å². The fourth-order valence-electron chi connectivity index (χ4n) is 0.592. The average Bonchev–Trinajstić information content (AvgIpc) is 2.29. The zero-order chi connectivity index (χ0) is 13.7. The van der Waals surface area contributed by atoms with Crippen molar-refractivity contribution in [3.63, 3.8) is 0 Å². The third-order valence-electron chi connectivity index (χ3n) is 1.36. The maximum absolute atomic E-state index is 10.3. The van der Waals surface area contributed by atoms with Crippen LogP contribution in [0.4, 0.5) is 0 Å². The summed E-state index contributed by atoms with van der Waals surface area (Å²) in [6.07, 6.45) is 3.10. The first-order valence-corrected chi connectivity index (χ1v) is 5.28. The number of hydrogen-bond acceptors (Lipinski definition) is 5. The molecule has 0 aliphatic rings. The summed E-state index contributed by atoms with van der Waals surface area (Å²) in [5, 5.41) is 8.36. The molecule has 5 nitrogen and oxygen atoms in total. The highest BCUT2D eigenvalue weighted by molar-refractivity contribution is 5.81. The Labute approximate surface area is 102 Å². The summed E-state index contributed by atoms with van der Waals surface area (Å²) >= 11 is 0. The summed E-state index contributed by atoms with van der Waals surface area (Å²) in [5.41, 5.74) is 0. The number of hydrogen-bond donors (Lipinski definition) is 1. The van der Waals surface area contributed by atoms with Gasteiger partial charge in [-0.25, -0.2) is 9.59 Å². The van der Waals surface area contributed by atoms with E-state index in [1.807, 2.05) is 6.92 Å². The van der Waals surface area contributed by atoms with E-state index in [1.165, 1.54) is 13.0 Å². The average molecular weight is 244 g/mol. The van der Waals surface area contributed by atoms with Crippen LogP contribution in [0.25, 0.3) is 0 Å². The molecular weight excluding hydrogens is 224 g/mol. The Balaban J connectivity index is 0. The van der Waals surface area contributed by atoms with Crippen LogP contribution in [0.2, 0.25) is 0 Å². The predicted octanol–water partition coefficient (Wildman–Crippen LogP) is 1.57. The van der Waals surface area contributed by atoms with Crippen LogP contribution in [0.5, 0.6) is 0 Å². The number of esters is 2. The van der Waals surface area contributed by atoms with Gasteiger partial charge < -0.3 is 14.6 Å². The van der Waals surface area contributed by atoms with Crippen molar-refractivity contribution in [2.24, 2.45) is 0 Å². The second-order valence-electron chi connectivity index (χ2n) is 2.97. The molecule has 0 radical (unpaired) electrons. The monoisotopic (exact) mass is 244 g/mol. The Kier molecular flexibility index (Phi) is 13.0. The second kappa shape index (κ2) is 12.4. The van der Waals surface area contributed by atoms with Gasteiger partial charge in [0, 0.05) is 12.2 Å². The third-order valence-corrected chi connectivity index (χ3v) is 1.36. The first-order valence-electron chi connectivity index (χ1n) is 5.28. The second-order valence-corrected chi connectivity index (χ2v) is 2.97. The highest BCUT2D eigenvalue weighted by Crippen LogP contribution is 1.88. The Hall–Kier alpha value is -1.62. The summed E-state index contributed by atoms with van der Waals surface area (Å²) in [4.78, 5) is 20.5. The van der Waals surface area contributed by atoms with Crippen molar-refractivity contribution >= 4 is 11.9 Å². The fraction of sp³-hybridized carbons (Fsp3) is 0.500. The first kappa shape index (κ1) is 17.8. The SMILES string of the molecule is C=CC(=O)OC(C)O.C=CC(=O)OCCCC. The van der Waals surface area contributed by atoms with E-state index in [2.05, 4.69) is 22.6 Å². The van der Waals surface area contributed by atoms with Crippen LogP contribution in [0.1, 0.15) is 26.7 Å². The molecule has 0 aromatic heterocycles. The number of aliphatic hydroxyl groups is 1. The van der Waals surface area contributed by atoms with Gasteiger partial charge in [-0.3, -0.25) is 0 Å². The van der Waals surface area contributed by atoms with E-state index in [0.29, 0.717) is 6.61 Å². The lowest BCUT2D eigenvalue weighted by Gasteiger charge is -2.01. The van der Waals surface area contributed by atoms with Gasteiger partial charge >= 0.3 is 11.9 Å². The molecule has 0 saturated heterocycles. The molecule has 0 heterocycles. The molecule has 0 amide bonds. The number of unbranched alkanes of at least 4 members (excludes halogenated alkanes) is 1. The smallest absolute Gasteiger partial charge is 0.332 e. The minimum atomic E-state index is -1.04. The molecule has 0 rings (SSSR count). The van der Waals surface area contributed by atoms with Gasteiger partial charge in [-0.05, 0) is 13.3 Å². The molecule has 0 aromatic rings. The fourth-order valence-corrected chi connectivity index (χ4v) is 0.592. The van der Waals surface area contributed by atoms with Gasteiger partial charge in [-0.1, -0.05) is 26.5 Å². The van der Waals surface area contributed by atoms with Crippen molar-refractivity contribution < 1.29 is 24.2 Å². The van der Waals surface area contributed by atoms with Crippen LogP contribution in [0, 0.1) is 0 Å². The summed E-state index contributed by atoms with van der Waals surface area (Å²) in [6, 6.07) is 0. The van der Waals surface area contributed by atoms with Gasteiger partial charge in [-0.2, -0.15) is 0 Å². The normalized spacial score (nSPS) is 10.3. The van der Waals surface area contributed by atoms with Crippen LogP contribution in [-0.4, -0.2) is 29.9 Å². The van der Waals surface area contributed by atoms with E-state index in [4.69, 9.17) is 5.11 Å². The van der Waals surface area contributed by atoms with E-state index < -0.39 is 12.3 Å². The number of rotatable bonds is 6. The number of ether oxygens (including phenoxy) is 2. The van der Waals surface area contributed by atoms with E-state index in [-0.39, 0.29) is 5.97 Å². The molecular formula is C12H20O5. The maximum Gasteiger partial charge on any atom is 0.332 e. The Morgan fingerprint density at radius 2 is 1.82 bits per heavy atom. The van der Waals surface area contributed by atoms with Crippen molar-refractivity contribution in [1.29, 1.82) is 0 Å². The minimum absolute atomic E-state index is 0.330. The first-order chi connectivity index (χ1) is 7.97. The highest BCUT2D eigenvalue weighted by Gasteiger charge is 1.97. The molecule has 0 spiro atoms. The molecule has 98 valence electrons. The molecule has 0 aliphatic heterocycles. The molecule has 1 N–H and O–H groups in total. The molecule has 0 bridgehead atoms. The van der Waals surface area contributed by atoms with Crippen molar-refractivity contribution in [3.8, 4) is 0 Å². The van der Waals surface area contributed by atoms with E-state index >= 15 is 0 Å². The Morgan fingerprint density at radius 3 is 2.12 bits per heavy atom. The predicted molar refractivity (Wildman–Crippen MR) is 64.0 cm³/mol. The number of carbonyl (C=O) groups excluding carboxylic acids is 2. The van der Waals surface area contributed by atoms with Crippen LogP contribution in [-0.2, 0) is 19.1 Å². The lowest BCUT2D eigenvalue weighted by atomic mass is 10.4. The van der Waals surface area contributed by atoms with Gasteiger partial charge in [0.2, 0.25) is 0 Å². The minimum Gasteiger partial charge on any atom is -0.463 e. The topological polar surface area (TPSA) is 72.8 Å². The van der Waals surface area contributed by atoms with Crippen LogP contribution in [0.3, 0.4) is 0 Å². The zero-order valence-corrected chi connectivity index (χ0v) is 10.3. The van der Waals surface area contributed by atoms with Gasteiger partial charge in [0.05, 0.1) is 6.61 Å². The van der Waals surface area contributed by atoms with Crippen LogP contribution < -0.4 is 0 Å². The lowest BCUT2D eigenvalue weighted by molar-refractivity contribution is -0.158. The van der Waals surface area contributed by atoms with Crippen molar-refractivity contribution in [2.45, 2.75) is 33.0 Å². The molecule has 1 atom stereocenters. The van der Waals surface area contributed by atoms with Crippen LogP contribution >= 0.6 is 0 Å². The van der Waals surface area contributed by atoms with E-state index in [1.54, 1.807) is 0 Å². The largest absolute Gasteiger partial charge is 0.463 e. The summed E-state index contributed by atoms with van der Waals surface area (Å²) < 4.78 is 8.87. The van der Waals surface area contributed by atoms with Gasteiger partial charge in [-0.15, -0.1) is 0 Å². The van der Waals surface area contributed by atoms with E-state index in [0.717, 1.165) is 18.9 Å². The van der Waals surface area contributed by atoms with Crippen LogP contribution in [0.15, 0.2) is 25.3 Å². The van der Waals surface area contributed by atoms with Gasteiger partial charge in [0.25, 0.3) is 0 Å². The third kappa shape index (κ3) is 17.0. The van der Waals surface area contributed by atoms with E-state index in [9.17, 15) is 9.59 Å². The Morgan fingerprint density at radius 1 is 1.29 bits per heavy atom. The molecule has 1 unspecified atom stereocenters. The molecule has 0 aromatic carbocycles. The summed E-state index contributed by atoms with van der Waals surface area (Å²) in [5.74, 6) is -0.941.